The highest BCUT2D eigenvalue weighted by Crippen LogP contribution is 2.41. The number of ether oxygens (including phenoxy) is 1. The van der Waals surface area contributed by atoms with Gasteiger partial charge in [-0.3, -0.25) is 50.4 Å². The summed E-state index contributed by atoms with van der Waals surface area (Å²) in [7, 11) is 0. The van der Waals surface area contributed by atoms with Gasteiger partial charge in [-0.25, -0.2) is 0 Å². The summed E-state index contributed by atoms with van der Waals surface area (Å²) in [6.45, 7) is 3.23. The molecule has 0 bridgehead atoms. The SMILES string of the molecule is CC=CC=CC1=CC(=O)C(C)(c2ccc(N(Nc3c([N+](=O)[O-])cc([N+](=O)[O-])cc3[N+](=O)[O-])c3ccccc3)cc2)C(=O)O1. The van der Waals surface area contributed by atoms with Crippen LogP contribution in [0.15, 0.2) is 103 Å². The molecule has 218 valence electrons. The number of hydrogen-bond acceptors (Lipinski definition) is 11. The Labute approximate surface area is 243 Å². The smallest absolute Gasteiger partial charge is 0.329 e. The standard InChI is InChI=1S/C29H23N5O9/c1-3-4-6-11-23-18-26(35)29(2,28(36)43-23)19-12-14-21(15-13-19)31(20-9-7-5-8-10-20)30-27-24(33(39)40)16-22(32(37)38)17-25(27)34(41)42/h3-18,30H,1-2H3. The van der Waals surface area contributed by atoms with Crippen molar-refractivity contribution in [2.45, 2.75) is 19.3 Å². The lowest BCUT2D eigenvalue weighted by atomic mass is 9.77. The first kappa shape index (κ1) is 29.8. The molecule has 0 fully saturated rings. The van der Waals surface area contributed by atoms with Gasteiger partial charge >= 0.3 is 17.3 Å². The number of carbonyl (C=O) groups is 2. The molecule has 3 aromatic rings. The molecule has 0 saturated heterocycles. The van der Waals surface area contributed by atoms with Gasteiger partial charge in [0, 0.05) is 6.08 Å². The van der Waals surface area contributed by atoms with Crippen molar-refractivity contribution in [2.24, 2.45) is 0 Å². The maximum atomic E-state index is 13.1. The van der Waals surface area contributed by atoms with Crippen molar-refractivity contribution in [2.75, 3.05) is 10.4 Å². The molecule has 4 rings (SSSR count). The molecule has 1 aliphatic rings. The average molecular weight is 586 g/mol. The van der Waals surface area contributed by atoms with Crippen LogP contribution in [-0.2, 0) is 19.7 Å². The predicted molar refractivity (Wildman–Crippen MR) is 156 cm³/mol. The third-order valence-corrected chi connectivity index (χ3v) is 6.58. The lowest BCUT2D eigenvalue weighted by molar-refractivity contribution is -0.401. The monoisotopic (exact) mass is 585 g/mol. The maximum Gasteiger partial charge on any atom is 0.329 e. The Kier molecular flexibility index (Phi) is 8.41. The second-order valence-electron chi connectivity index (χ2n) is 9.27. The van der Waals surface area contributed by atoms with Crippen LogP contribution in [0.25, 0.3) is 0 Å². The van der Waals surface area contributed by atoms with Crippen molar-refractivity contribution in [3.05, 3.63) is 139 Å². The molecule has 3 aromatic carbocycles. The lowest BCUT2D eigenvalue weighted by Crippen LogP contribution is -2.44. The largest absolute Gasteiger partial charge is 0.425 e. The molecular weight excluding hydrogens is 562 g/mol. The number of hydrazine groups is 1. The van der Waals surface area contributed by atoms with Crippen LogP contribution in [0, 0.1) is 30.3 Å². The van der Waals surface area contributed by atoms with E-state index in [4.69, 9.17) is 4.74 Å². The molecule has 43 heavy (non-hydrogen) atoms. The Morgan fingerprint density at radius 2 is 1.42 bits per heavy atom. The van der Waals surface area contributed by atoms with E-state index in [0.29, 0.717) is 29.1 Å². The Bertz CT molecular complexity index is 1680. The fraction of sp³-hybridized carbons (Fsp3) is 0.103. The Morgan fingerprint density at radius 1 is 0.837 bits per heavy atom. The lowest BCUT2D eigenvalue weighted by Gasteiger charge is -2.30. The summed E-state index contributed by atoms with van der Waals surface area (Å²) in [6.07, 6.45) is 7.80. The van der Waals surface area contributed by atoms with E-state index < -0.39 is 54.7 Å². The van der Waals surface area contributed by atoms with Crippen LogP contribution in [0.1, 0.15) is 19.4 Å². The number of anilines is 3. The van der Waals surface area contributed by atoms with Crippen LogP contribution >= 0.6 is 0 Å². The second kappa shape index (κ2) is 12.1. The van der Waals surface area contributed by atoms with E-state index in [1.807, 2.05) is 0 Å². The van der Waals surface area contributed by atoms with Crippen molar-refractivity contribution in [3.8, 4) is 0 Å². The molecule has 0 aliphatic carbocycles. The number of rotatable bonds is 10. The zero-order chi connectivity index (χ0) is 31.3. The molecule has 0 amide bonds. The zero-order valence-corrected chi connectivity index (χ0v) is 22.7. The van der Waals surface area contributed by atoms with Crippen LogP contribution in [0.2, 0.25) is 0 Å². The maximum absolute atomic E-state index is 13.1. The van der Waals surface area contributed by atoms with Crippen LogP contribution < -0.4 is 10.4 Å². The second-order valence-corrected chi connectivity index (χ2v) is 9.27. The average Bonchev–Trinajstić information content (AvgIpc) is 2.98. The number of nitrogens with zero attached hydrogens (tertiary/aromatic N) is 4. The summed E-state index contributed by atoms with van der Waals surface area (Å²) < 4.78 is 5.38. The number of esters is 1. The molecule has 0 radical (unpaired) electrons. The number of cyclic esters (lactones) is 1. The number of ketones is 1. The fourth-order valence-corrected chi connectivity index (χ4v) is 4.23. The van der Waals surface area contributed by atoms with Gasteiger partial charge in [0.25, 0.3) is 5.69 Å². The topological polar surface area (TPSA) is 188 Å². The van der Waals surface area contributed by atoms with Crippen molar-refractivity contribution in [1.82, 2.24) is 0 Å². The van der Waals surface area contributed by atoms with Crippen LogP contribution in [-0.4, -0.2) is 26.5 Å². The molecule has 0 aromatic heterocycles. The minimum atomic E-state index is -1.67. The quantitative estimate of drug-likeness (QED) is 0.0969. The highest BCUT2D eigenvalue weighted by molar-refractivity contribution is 6.16. The molecule has 1 aliphatic heterocycles. The van der Waals surface area contributed by atoms with Gasteiger partial charge in [0.1, 0.15) is 5.76 Å². The normalized spacial score (nSPS) is 16.6. The molecule has 1 heterocycles. The van der Waals surface area contributed by atoms with Gasteiger partial charge in [0.15, 0.2) is 11.2 Å². The highest BCUT2D eigenvalue weighted by Gasteiger charge is 2.46. The first-order valence-corrected chi connectivity index (χ1v) is 12.6. The van der Waals surface area contributed by atoms with E-state index in [-0.39, 0.29) is 5.76 Å². The van der Waals surface area contributed by atoms with Crippen LogP contribution in [0.3, 0.4) is 0 Å². The van der Waals surface area contributed by atoms with Crippen molar-refractivity contribution in [3.63, 3.8) is 0 Å². The number of nitro groups is 3. The van der Waals surface area contributed by atoms with Gasteiger partial charge in [-0.15, -0.1) is 0 Å². The number of carbonyl (C=O) groups excluding carboxylic acids is 2. The minimum Gasteiger partial charge on any atom is -0.425 e. The van der Waals surface area contributed by atoms with E-state index in [1.54, 1.807) is 55.5 Å². The number of non-ortho nitro benzene ring substituents is 1. The van der Waals surface area contributed by atoms with Gasteiger partial charge in [0.2, 0.25) is 5.69 Å². The first-order valence-electron chi connectivity index (χ1n) is 12.6. The number of allylic oxidation sites excluding steroid dienone is 5. The number of nitrogens with one attached hydrogen (secondary N) is 1. The molecule has 1 unspecified atom stereocenters. The summed E-state index contributed by atoms with van der Waals surface area (Å²) in [6, 6.07) is 15.5. The van der Waals surface area contributed by atoms with Gasteiger partial charge in [-0.05, 0) is 49.8 Å². The molecule has 14 heteroatoms. The summed E-state index contributed by atoms with van der Waals surface area (Å²) in [5.41, 5.74) is -1.24. The van der Waals surface area contributed by atoms with E-state index in [1.165, 1.54) is 48.4 Å². The number of benzene rings is 3. The van der Waals surface area contributed by atoms with E-state index >= 15 is 0 Å². The summed E-state index contributed by atoms with van der Waals surface area (Å²) in [5, 5.41) is 36.3. The third-order valence-electron chi connectivity index (χ3n) is 6.58. The summed E-state index contributed by atoms with van der Waals surface area (Å²) in [4.78, 5) is 58.2. The van der Waals surface area contributed by atoms with Crippen LogP contribution in [0.5, 0.6) is 0 Å². The van der Waals surface area contributed by atoms with Crippen molar-refractivity contribution >= 4 is 45.9 Å². The molecule has 0 spiro atoms. The minimum absolute atomic E-state index is 0.0907. The summed E-state index contributed by atoms with van der Waals surface area (Å²) >= 11 is 0. The van der Waals surface area contributed by atoms with Crippen molar-refractivity contribution in [1.29, 1.82) is 0 Å². The van der Waals surface area contributed by atoms with Gasteiger partial charge in [-0.2, -0.15) is 0 Å². The Morgan fingerprint density at radius 3 is 1.93 bits per heavy atom. The molecule has 1 N–H and O–H groups in total. The van der Waals surface area contributed by atoms with E-state index in [2.05, 4.69) is 5.43 Å². The van der Waals surface area contributed by atoms with Gasteiger partial charge in [-0.1, -0.05) is 48.6 Å². The highest BCUT2D eigenvalue weighted by atomic mass is 16.6. The summed E-state index contributed by atoms with van der Waals surface area (Å²) in [5.74, 6) is -1.21. The number of para-hydroxylation sites is 1. The number of hydrogen-bond donors (Lipinski definition) is 1. The van der Waals surface area contributed by atoms with Crippen molar-refractivity contribution < 1.29 is 29.1 Å². The Hall–Kier alpha value is -6.18. The zero-order valence-electron chi connectivity index (χ0n) is 22.7. The van der Waals surface area contributed by atoms with Gasteiger partial charge < -0.3 is 4.74 Å². The Balaban J connectivity index is 1.78. The predicted octanol–water partition coefficient (Wildman–Crippen LogP) is 5.98. The molecule has 14 nitrogen and oxygen atoms in total. The van der Waals surface area contributed by atoms with E-state index in [9.17, 15) is 39.9 Å². The third kappa shape index (κ3) is 5.97. The van der Waals surface area contributed by atoms with E-state index in [0.717, 1.165) is 0 Å². The molecule has 1 atom stereocenters. The van der Waals surface area contributed by atoms with Crippen LogP contribution in [0.4, 0.5) is 34.1 Å². The number of nitro benzene ring substituents is 3. The molecular formula is C29H23N5O9. The fourth-order valence-electron chi connectivity index (χ4n) is 4.23. The first-order chi connectivity index (χ1) is 20.5. The molecule has 0 saturated carbocycles. The van der Waals surface area contributed by atoms with Gasteiger partial charge in [0.05, 0.1) is 38.3 Å².